The third-order valence-electron chi connectivity index (χ3n) is 2.10. The molecule has 0 amide bonds. The lowest BCUT2D eigenvalue weighted by atomic mass is 10.2. The minimum atomic E-state index is -0.217. The third kappa shape index (κ3) is 3.16. The molecule has 0 bridgehead atoms. The Labute approximate surface area is 89.8 Å². The highest BCUT2D eigenvalue weighted by molar-refractivity contribution is 5.68. The Balaban J connectivity index is 2.65. The molecule has 0 aromatic heterocycles. The Morgan fingerprint density at radius 3 is 2.47 bits per heavy atom. The number of ether oxygens (including phenoxy) is 1. The molecule has 0 spiro atoms. The highest BCUT2D eigenvalue weighted by atomic mass is 16.5. The van der Waals surface area contributed by atoms with Gasteiger partial charge in [-0.05, 0) is 17.7 Å². The van der Waals surface area contributed by atoms with Gasteiger partial charge in [-0.15, -0.1) is 0 Å². The minimum Gasteiger partial charge on any atom is -0.846 e. The van der Waals surface area contributed by atoms with Gasteiger partial charge in [-0.3, -0.25) is 4.99 Å². The van der Waals surface area contributed by atoms with Gasteiger partial charge in [0.15, 0.2) is 0 Å². The average molecular weight is 207 g/mol. The predicted molar refractivity (Wildman–Crippen MR) is 57.8 cm³/mol. The molecule has 0 aliphatic heterocycles. The standard InChI is InChI=1S/C11H16N2O2/c1-12-11(14)13(2)8-9-4-6-10(15-3)7-5-9/h4-7H,8H2,1-3H3,(H,12,14)/p-1. The number of methoxy groups -OCH3 is 1. The summed E-state index contributed by atoms with van der Waals surface area (Å²) in [5, 5.41) is 11.2. The monoisotopic (exact) mass is 207 g/mol. The van der Waals surface area contributed by atoms with Crippen molar-refractivity contribution >= 4 is 6.02 Å². The lowest BCUT2D eigenvalue weighted by Crippen LogP contribution is -2.36. The second-order valence-corrected chi connectivity index (χ2v) is 3.21. The van der Waals surface area contributed by atoms with E-state index in [1.807, 2.05) is 24.3 Å². The summed E-state index contributed by atoms with van der Waals surface area (Å²) in [6, 6.07) is 7.38. The van der Waals surface area contributed by atoms with Crippen LogP contribution in [0.25, 0.3) is 0 Å². The molecule has 0 saturated carbocycles. The van der Waals surface area contributed by atoms with Gasteiger partial charge < -0.3 is 14.7 Å². The second-order valence-electron chi connectivity index (χ2n) is 3.21. The summed E-state index contributed by atoms with van der Waals surface area (Å²) in [5.41, 5.74) is 1.05. The number of hydrogen-bond acceptors (Lipinski definition) is 3. The number of benzene rings is 1. The molecule has 0 radical (unpaired) electrons. The first kappa shape index (κ1) is 11.4. The van der Waals surface area contributed by atoms with E-state index in [2.05, 4.69) is 4.99 Å². The Kier molecular flexibility index (Phi) is 3.97. The van der Waals surface area contributed by atoms with Crippen molar-refractivity contribution in [2.75, 3.05) is 21.2 Å². The molecule has 0 unspecified atom stereocenters. The van der Waals surface area contributed by atoms with Gasteiger partial charge in [-0.1, -0.05) is 12.1 Å². The van der Waals surface area contributed by atoms with E-state index >= 15 is 0 Å². The summed E-state index contributed by atoms with van der Waals surface area (Å²) in [4.78, 5) is 5.14. The van der Waals surface area contributed by atoms with E-state index in [1.54, 1.807) is 19.1 Å². The van der Waals surface area contributed by atoms with E-state index in [1.165, 1.54) is 7.05 Å². The van der Waals surface area contributed by atoms with Gasteiger partial charge in [-0.25, -0.2) is 0 Å². The van der Waals surface area contributed by atoms with E-state index in [0.29, 0.717) is 6.54 Å². The quantitative estimate of drug-likeness (QED) is 0.535. The van der Waals surface area contributed by atoms with E-state index in [9.17, 15) is 5.11 Å². The number of nitrogens with zero attached hydrogens (tertiary/aromatic N) is 2. The fourth-order valence-electron chi connectivity index (χ4n) is 1.24. The number of hydrogen-bond donors (Lipinski definition) is 0. The lowest BCUT2D eigenvalue weighted by molar-refractivity contribution is -0.234. The fourth-order valence-corrected chi connectivity index (χ4v) is 1.24. The molecule has 0 aliphatic carbocycles. The van der Waals surface area contributed by atoms with Crippen LogP contribution in [-0.2, 0) is 6.54 Å². The molecule has 0 N–H and O–H groups in total. The van der Waals surface area contributed by atoms with Crippen molar-refractivity contribution in [3.05, 3.63) is 29.8 Å². The van der Waals surface area contributed by atoms with Crippen LogP contribution < -0.4 is 9.84 Å². The van der Waals surface area contributed by atoms with Crippen LogP contribution in [0.5, 0.6) is 5.75 Å². The van der Waals surface area contributed by atoms with Crippen LogP contribution >= 0.6 is 0 Å². The minimum absolute atomic E-state index is 0.217. The van der Waals surface area contributed by atoms with Gasteiger partial charge in [0.2, 0.25) is 0 Å². The van der Waals surface area contributed by atoms with Crippen molar-refractivity contribution in [2.24, 2.45) is 4.99 Å². The zero-order valence-electron chi connectivity index (χ0n) is 9.23. The molecule has 4 nitrogen and oxygen atoms in total. The number of amidine groups is 1. The van der Waals surface area contributed by atoms with Crippen molar-refractivity contribution in [1.82, 2.24) is 4.90 Å². The van der Waals surface area contributed by atoms with E-state index in [4.69, 9.17) is 4.74 Å². The molecule has 15 heavy (non-hydrogen) atoms. The van der Waals surface area contributed by atoms with Gasteiger partial charge in [0, 0.05) is 26.7 Å². The van der Waals surface area contributed by atoms with Crippen LogP contribution in [0.4, 0.5) is 0 Å². The average Bonchev–Trinajstić information content (AvgIpc) is 2.29. The molecule has 4 heteroatoms. The molecule has 1 aromatic rings. The Morgan fingerprint density at radius 2 is 2.00 bits per heavy atom. The highest BCUT2D eigenvalue weighted by Gasteiger charge is 1.98. The van der Waals surface area contributed by atoms with Crippen LogP contribution in [0, 0.1) is 0 Å². The molecule has 0 aliphatic rings. The Bertz CT molecular complexity index is 333. The summed E-state index contributed by atoms with van der Waals surface area (Å²) in [5.74, 6) is 0.813. The fraction of sp³-hybridized carbons (Fsp3) is 0.364. The smallest absolute Gasteiger partial charge is 0.118 e. The first-order chi connectivity index (χ1) is 7.17. The van der Waals surface area contributed by atoms with Crippen LogP contribution in [0.1, 0.15) is 5.56 Å². The maximum absolute atomic E-state index is 11.2. The molecule has 0 atom stereocenters. The largest absolute Gasteiger partial charge is 0.846 e. The van der Waals surface area contributed by atoms with Gasteiger partial charge in [0.05, 0.1) is 7.11 Å². The maximum Gasteiger partial charge on any atom is 0.118 e. The van der Waals surface area contributed by atoms with E-state index < -0.39 is 0 Å². The van der Waals surface area contributed by atoms with Crippen LogP contribution in [0.3, 0.4) is 0 Å². The molecule has 0 saturated heterocycles. The first-order valence-corrected chi connectivity index (χ1v) is 4.65. The maximum atomic E-state index is 11.2. The van der Waals surface area contributed by atoms with Gasteiger partial charge in [0.25, 0.3) is 0 Å². The lowest BCUT2D eigenvalue weighted by Gasteiger charge is -2.24. The van der Waals surface area contributed by atoms with Crippen LogP contribution in [0.15, 0.2) is 29.3 Å². The molecule has 0 heterocycles. The molecule has 0 fully saturated rings. The highest BCUT2D eigenvalue weighted by Crippen LogP contribution is 2.12. The Morgan fingerprint density at radius 1 is 1.40 bits per heavy atom. The zero-order valence-corrected chi connectivity index (χ0v) is 9.23. The predicted octanol–water partition coefficient (Wildman–Crippen LogP) is 0.473. The van der Waals surface area contributed by atoms with Crippen molar-refractivity contribution < 1.29 is 9.84 Å². The van der Waals surface area contributed by atoms with Crippen molar-refractivity contribution in [3.8, 4) is 5.75 Å². The molecule has 82 valence electrons. The summed E-state index contributed by atoms with van der Waals surface area (Å²) < 4.78 is 5.04. The number of rotatable bonds is 3. The Hall–Kier alpha value is -1.71. The summed E-state index contributed by atoms with van der Waals surface area (Å²) in [7, 11) is 4.84. The summed E-state index contributed by atoms with van der Waals surface area (Å²) in [6.07, 6.45) is 0. The van der Waals surface area contributed by atoms with Gasteiger partial charge in [0.1, 0.15) is 5.75 Å². The third-order valence-corrected chi connectivity index (χ3v) is 2.10. The molecular formula is C11H15N2O2-. The normalized spacial score (nSPS) is 11.3. The van der Waals surface area contributed by atoms with Crippen molar-refractivity contribution in [1.29, 1.82) is 0 Å². The van der Waals surface area contributed by atoms with Crippen LogP contribution in [-0.4, -0.2) is 32.1 Å². The summed E-state index contributed by atoms with van der Waals surface area (Å²) in [6.45, 7) is 0.556. The second kappa shape index (κ2) is 5.24. The first-order valence-electron chi connectivity index (χ1n) is 4.65. The zero-order chi connectivity index (χ0) is 11.3. The topological polar surface area (TPSA) is 47.9 Å². The van der Waals surface area contributed by atoms with Crippen LogP contribution in [0.2, 0.25) is 0 Å². The SMILES string of the molecule is CN=C([O-])N(C)Cc1ccc(OC)cc1. The molecular weight excluding hydrogens is 192 g/mol. The molecule has 1 aromatic carbocycles. The number of aliphatic imine (C=N–C) groups is 1. The van der Waals surface area contributed by atoms with Gasteiger partial charge in [-0.2, -0.15) is 0 Å². The molecule has 1 rings (SSSR count). The van der Waals surface area contributed by atoms with Crippen molar-refractivity contribution in [2.45, 2.75) is 6.54 Å². The van der Waals surface area contributed by atoms with Crippen molar-refractivity contribution in [3.63, 3.8) is 0 Å². The van der Waals surface area contributed by atoms with E-state index in [-0.39, 0.29) is 6.02 Å². The summed E-state index contributed by atoms with van der Waals surface area (Å²) >= 11 is 0. The van der Waals surface area contributed by atoms with E-state index in [0.717, 1.165) is 11.3 Å². The van der Waals surface area contributed by atoms with Gasteiger partial charge >= 0.3 is 0 Å².